The van der Waals surface area contributed by atoms with Gasteiger partial charge in [-0.2, -0.15) is 0 Å². The Hall–Kier alpha value is -1.95. The van der Waals surface area contributed by atoms with Crippen molar-refractivity contribution in [3.05, 3.63) is 58.1 Å². The lowest BCUT2D eigenvalue weighted by Crippen LogP contribution is -2.13. The summed E-state index contributed by atoms with van der Waals surface area (Å²) in [7, 11) is 0. The van der Waals surface area contributed by atoms with Gasteiger partial charge in [0.15, 0.2) is 0 Å². The van der Waals surface area contributed by atoms with Gasteiger partial charge in [-0.15, -0.1) is 0 Å². The predicted molar refractivity (Wildman–Crippen MR) is 70.1 cm³/mol. The van der Waals surface area contributed by atoms with Crippen molar-refractivity contribution < 1.29 is 18.7 Å². The molecule has 0 atom stereocenters. The first-order chi connectivity index (χ1) is 8.97. The first-order valence-electron chi connectivity index (χ1n) is 5.22. The number of phenolic OH excluding ortho intramolecular Hbond substituents is 1. The number of rotatable bonds is 2. The molecule has 0 aliphatic carbocycles. The highest BCUT2D eigenvalue weighted by Gasteiger charge is 2.13. The number of phenols is 1. The van der Waals surface area contributed by atoms with Crippen molar-refractivity contribution in [3.8, 4) is 5.75 Å². The molecule has 2 rings (SSSR count). The van der Waals surface area contributed by atoms with Crippen molar-refractivity contribution in [2.24, 2.45) is 0 Å². The lowest BCUT2D eigenvalue weighted by molar-refractivity contribution is 0.102. The number of amides is 1. The molecule has 3 nitrogen and oxygen atoms in total. The molecule has 98 valence electrons. The van der Waals surface area contributed by atoms with Crippen LogP contribution in [0, 0.1) is 11.6 Å². The van der Waals surface area contributed by atoms with Crippen LogP contribution in [0.2, 0.25) is 0 Å². The van der Waals surface area contributed by atoms with Crippen LogP contribution in [-0.2, 0) is 0 Å². The Morgan fingerprint density at radius 1 is 1.16 bits per heavy atom. The monoisotopic (exact) mass is 327 g/mol. The van der Waals surface area contributed by atoms with E-state index in [1.54, 1.807) is 0 Å². The van der Waals surface area contributed by atoms with E-state index in [0.717, 1.165) is 12.1 Å². The third kappa shape index (κ3) is 3.08. The maximum atomic E-state index is 13.4. The zero-order valence-corrected chi connectivity index (χ0v) is 11.0. The first kappa shape index (κ1) is 13.5. The highest BCUT2D eigenvalue weighted by molar-refractivity contribution is 9.10. The predicted octanol–water partition coefficient (Wildman–Crippen LogP) is 3.69. The number of carbonyl (C=O) groups is 1. The largest absolute Gasteiger partial charge is 0.508 e. The quantitative estimate of drug-likeness (QED) is 0.826. The van der Waals surface area contributed by atoms with Crippen LogP contribution in [0.1, 0.15) is 10.4 Å². The maximum Gasteiger partial charge on any atom is 0.256 e. The van der Waals surface area contributed by atoms with Gasteiger partial charge in [0.05, 0.1) is 11.3 Å². The van der Waals surface area contributed by atoms with Crippen molar-refractivity contribution in [2.75, 3.05) is 5.32 Å². The SMILES string of the molecule is O=C(Nc1ccc(O)cc1F)c1cc(F)ccc1Br. The van der Waals surface area contributed by atoms with Gasteiger partial charge in [-0.05, 0) is 46.3 Å². The van der Waals surface area contributed by atoms with E-state index in [4.69, 9.17) is 5.11 Å². The second kappa shape index (κ2) is 5.36. The normalized spacial score (nSPS) is 10.3. The van der Waals surface area contributed by atoms with Gasteiger partial charge >= 0.3 is 0 Å². The molecule has 0 aliphatic rings. The van der Waals surface area contributed by atoms with E-state index in [0.29, 0.717) is 4.47 Å². The van der Waals surface area contributed by atoms with Gasteiger partial charge in [-0.3, -0.25) is 4.79 Å². The second-order valence-electron chi connectivity index (χ2n) is 3.74. The molecule has 0 unspecified atom stereocenters. The number of nitrogens with one attached hydrogen (secondary N) is 1. The summed E-state index contributed by atoms with van der Waals surface area (Å²) in [5.41, 5.74) is -0.0496. The van der Waals surface area contributed by atoms with Gasteiger partial charge in [-0.1, -0.05) is 0 Å². The lowest BCUT2D eigenvalue weighted by atomic mass is 10.2. The summed E-state index contributed by atoms with van der Waals surface area (Å²) in [6.45, 7) is 0. The van der Waals surface area contributed by atoms with Crippen LogP contribution in [0.5, 0.6) is 5.75 Å². The summed E-state index contributed by atoms with van der Waals surface area (Å²) in [6, 6.07) is 6.95. The molecule has 0 saturated carbocycles. The highest BCUT2D eigenvalue weighted by Crippen LogP contribution is 2.22. The van der Waals surface area contributed by atoms with Crippen LogP contribution >= 0.6 is 15.9 Å². The van der Waals surface area contributed by atoms with E-state index in [1.807, 2.05) is 0 Å². The number of anilines is 1. The Bertz CT molecular complexity index is 647. The second-order valence-corrected chi connectivity index (χ2v) is 4.60. The number of halogens is 3. The van der Waals surface area contributed by atoms with Crippen LogP contribution in [0.4, 0.5) is 14.5 Å². The van der Waals surface area contributed by atoms with Crippen molar-refractivity contribution in [3.63, 3.8) is 0 Å². The lowest BCUT2D eigenvalue weighted by Gasteiger charge is -2.08. The van der Waals surface area contributed by atoms with Crippen molar-refractivity contribution in [1.82, 2.24) is 0 Å². The summed E-state index contributed by atoms with van der Waals surface area (Å²) in [5.74, 6) is -2.25. The maximum absolute atomic E-state index is 13.4. The van der Waals surface area contributed by atoms with E-state index < -0.39 is 17.5 Å². The Labute approximate surface area is 116 Å². The van der Waals surface area contributed by atoms with Crippen LogP contribution in [0.3, 0.4) is 0 Å². The molecule has 0 spiro atoms. The summed E-state index contributed by atoms with van der Waals surface area (Å²) in [5, 5.41) is 11.4. The first-order valence-corrected chi connectivity index (χ1v) is 6.01. The Kier molecular flexibility index (Phi) is 3.80. The minimum atomic E-state index is -0.777. The van der Waals surface area contributed by atoms with Gasteiger partial charge < -0.3 is 10.4 Å². The van der Waals surface area contributed by atoms with Crippen LogP contribution in [-0.4, -0.2) is 11.0 Å². The Balaban J connectivity index is 2.28. The minimum absolute atomic E-state index is 0.0486. The fraction of sp³-hybridized carbons (Fsp3) is 0. The Morgan fingerprint density at radius 3 is 2.58 bits per heavy atom. The molecule has 2 N–H and O–H groups in total. The molecule has 2 aromatic rings. The fourth-order valence-corrected chi connectivity index (χ4v) is 1.89. The number of hydrogen-bond donors (Lipinski definition) is 2. The fourth-order valence-electron chi connectivity index (χ4n) is 1.47. The summed E-state index contributed by atoms with van der Waals surface area (Å²) in [6.07, 6.45) is 0. The van der Waals surface area contributed by atoms with Crippen LogP contribution in [0.15, 0.2) is 40.9 Å². The topological polar surface area (TPSA) is 49.3 Å². The van der Waals surface area contributed by atoms with Gasteiger partial charge in [0.2, 0.25) is 0 Å². The molecule has 0 saturated heterocycles. The van der Waals surface area contributed by atoms with Crippen molar-refractivity contribution in [1.29, 1.82) is 0 Å². The molecule has 0 aliphatic heterocycles. The molecule has 0 fully saturated rings. The molecule has 1 amide bonds. The van der Waals surface area contributed by atoms with Gasteiger partial charge in [0.1, 0.15) is 17.4 Å². The molecule has 2 aromatic carbocycles. The van der Waals surface area contributed by atoms with Crippen LogP contribution < -0.4 is 5.32 Å². The molecule has 19 heavy (non-hydrogen) atoms. The van der Waals surface area contributed by atoms with E-state index in [2.05, 4.69) is 21.2 Å². The third-order valence-electron chi connectivity index (χ3n) is 2.37. The van der Waals surface area contributed by atoms with Crippen molar-refractivity contribution >= 4 is 27.5 Å². The summed E-state index contributed by atoms with van der Waals surface area (Å²) < 4.78 is 26.9. The molecule has 0 bridgehead atoms. The van der Waals surface area contributed by atoms with E-state index in [9.17, 15) is 13.6 Å². The molecular formula is C13H8BrF2NO2. The number of aromatic hydroxyl groups is 1. The molecule has 0 aromatic heterocycles. The summed E-state index contributed by atoms with van der Waals surface area (Å²) >= 11 is 3.11. The molecule has 0 heterocycles. The van der Waals surface area contributed by atoms with Gasteiger partial charge in [0, 0.05) is 10.5 Å². The van der Waals surface area contributed by atoms with E-state index >= 15 is 0 Å². The number of hydrogen-bond acceptors (Lipinski definition) is 2. The van der Waals surface area contributed by atoms with E-state index in [1.165, 1.54) is 24.3 Å². The summed E-state index contributed by atoms with van der Waals surface area (Å²) in [4.78, 5) is 11.9. The molecule has 0 radical (unpaired) electrons. The zero-order chi connectivity index (χ0) is 14.0. The number of carbonyl (C=O) groups excluding carboxylic acids is 1. The minimum Gasteiger partial charge on any atom is -0.508 e. The van der Waals surface area contributed by atoms with Crippen molar-refractivity contribution in [2.45, 2.75) is 0 Å². The molecular weight excluding hydrogens is 320 g/mol. The standard InChI is InChI=1S/C13H8BrF2NO2/c14-10-3-1-7(15)5-9(10)13(19)17-12-4-2-8(18)6-11(12)16/h1-6,18H,(H,17,19). The van der Waals surface area contributed by atoms with E-state index in [-0.39, 0.29) is 17.0 Å². The molecule has 6 heteroatoms. The third-order valence-corrected chi connectivity index (χ3v) is 3.07. The zero-order valence-electron chi connectivity index (χ0n) is 9.45. The highest BCUT2D eigenvalue weighted by atomic mass is 79.9. The van der Waals surface area contributed by atoms with Gasteiger partial charge in [-0.25, -0.2) is 8.78 Å². The smallest absolute Gasteiger partial charge is 0.256 e. The number of benzene rings is 2. The van der Waals surface area contributed by atoms with Gasteiger partial charge in [0.25, 0.3) is 5.91 Å². The average molecular weight is 328 g/mol. The Morgan fingerprint density at radius 2 is 1.89 bits per heavy atom. The average Bonchev–Trinajstić information content (AvgIpc) is 2.35. The van der Waals surface area contributed by atoms with Crippen LogP contribution in [0.25, 0.3) is 0 Å².